The summed E-state index contributed by atoms with van der Waals surface area (Å²) in [6.07, 6.45) is 8.16. The van der Waals surface area contributed by atoms with Crippen molar-refractivity contribution in [2.75, 3.05) is 5.73 Å². The Morgan fingerprint density at radius 3 is 2.60 bits per heavy atom. The molecule has 30 heavy (non-hydrogen) atoms. The highest BCUT2D eigenvalue weighted by Gasteiger charge is 2.60. The van der Waals surface area contributed by atoms with E-state index >= 15 is 0 Å². The Kier molecular flexibility index (Phi) is 4.54. The zero-order valence-electron chi connectivity index (χ0n) is 16.7. The van der Waals surface area contributed by atoms with Crippen LogP contribution in [0.3, 0.4) is 0 Å². The number of hydrogen-bond donors (Lipinski definition) is 2. The van der Waals surface area contributed by atoms with E-state index in [0.29, 0.717) is 17.9 Å². The average molecular weight is 421 g/mol. The van der Waals surface area contributed by atoms with Gasteiger partial charge in [0.25, 0.3) is 0 Å². The van der Waals surface area contributed by atoms with Crippen LogP contribution in [0.2, 0.25) is 0 Å². The van der Waals surface area contributed by atoms with Crippen LogP contribution in [0.5, 0.6) is 5.75 Å². The number of nitrogen functional groups attached to an aromatic ring is 1. The summed E-state index contributed by atoms with van der Waals surface area (Å²) in [4.78, 5) is 6.19. The second-order valence-electron chi connectivity index (χ2n) is 9.19. The monoisotopic (exact) mass is 421 g/mol. The van der Waals surface area contributed by atoms with Crippen molar-refractivity contribution in [1.29, 1.82) is 0 Å². The lowest BCUT2D eigenvalue weighted by Gasteiger charge is -2.67. The molecule has 4 aliphatic carbocycles. The summed E-state index contributed by atoms with van der Waals surface area (Å²) >= 11 is 0. The largest absolute Gasteiger partial charge is 0.573 e. The van der Waals surface area contributed by atoms with E-state index in [1.807, 2.05) is 6.20 Å². The molecule has 1 unspecified atom stereocenters. The predicted molar refractivity (Wildman–Crippen MR) is 106 cm³/mol. The first-order chi connectivity index (χ1) is 14.2. The molecule has 0 amide bonds. The predicted octanol–water partition coefficient (Wildman–Crippen LogP) is 4.60. The first kappa shape index (κ1) is 19.7. The van der Waals surface area contributed by atoms with Gasteiger partial charge in [0, 0.05) is 29.2 Å². The van der Waals surface area contributed by atoms with Crippen LogP contribution in [0.4, 0.5) is 19.0 Å². The van der Waals surface area contributed by atoms with Crippen LogP contribution in [-0.2, 0) is 0 Å². The number of nitrogens with zero attached hydrogens (tertiary/aromatic N) is 2. The van der Waals surface area contributed by atoms with Gasteiger partial charge in [0.15, 0.2) is 11.6 Å². The molecule has 3 N–H and O–H groups in total. The molecule has 6 rings (SSSR count). The molecule has 4 saturated carbocycles. The quantitative estimate of drug-likeness (QED) is 0.727. The third kappa shape index (κ3) is 3.55. The van der Waals surface area contributed by atoms with Crippen LogP contribution in [0.1, 0.15) is 56.9 Å². The molecule has 0 spiro atoms. The summed E-state index contributed by atoms with van der Waals surface area (Å²) < 4.78 is 42.3. The summed E-state index contributed by atoms with van der Waals surface area (Å²) in [5.41, 5.74) is 8.08. The zero-order chi connectivity index (χ0) is 21.1. The van der Waals surface area contributed by atoms with Crippen molar-refractivity contribution >= 4 is 11.4 Å². The maximum Gasteiger partial charge on any atom is 0.573 e. The van der Waals surface area contributed by atoms with Crippen molar-refractivity contribution in [2.24, 2.45) is 11.8 Å². The lowest BCUT2D eigenvalue weighted by Crippen LogP contribution is -2.67. The molecule has 0 aromatic carbocycles. The number of halogens is 3. The second kappa shape index (κ2) is 6.90. The molecule has 2 heterocycles. The van der Waals surface area contributed by atoms with E-state index < -0.39 is 18.2 Å². The van der Waals surface area contributed by atoms with Crippen molar-refractivity contribution in [3.63, 3.8) is 0 Å². The van der Waals surface area contributed by atoms with Gasteiger partial charge in [-0.25, -0.2) is 4.98 Å². The molecule has 5 aliphatic rings. The number of anilines is 1. The molecule has 0 saturated heterocycles. The number of alkyl halides is 3. The Labute approximate surface area is 173 Å². The number of nitrogens with two attached hydrogens (primary N) is 1. The van der Waals surface area contributed by atoms with Gasteiger partial charge in [0.05, 0.1) is 6.10 Å². The Balaban J connectivity index is 1.51. The van der Waals surface area contributed by atoms with Crippen LogP contribution < -0.4 is 10.5 Å². The molecule has 8 heteroatoms. The zero-order valence-corrected chi connectivity index (χ0v) is 16.7. The first-order valence-electron chi connectivity index (χ1n) is 10.6. The van der Waals surface area contributed by atoms with Crippen molar-refractivity contribution < 1.29 is 23.0 Å². The lowest BCUT2D eigenvalue weighted by molar-refractivity contribution is -0.274. The smallest absolute Gasteiger partial charge is 0.402 e. The van der Waals surface area contributed by atoms with Crippen LogP contribution >= 0.6 is 0 Å². The molecular formula is C22H26F3N3O2. The molecule has 5 nitrogen and oxygen atoms in total. The van der Waals surface area contributed by atoms with Crippen molar-refractivity contribution in [3.05, 3.63) is 35.8 Å². The minimum absolute atomic E-state index is 0.0432. The fourth-order valence-corrected chi connectivity index (χ4v) is 5.05. The van der Waals surface area contributed by atoms with Crippen molar-refractivity contribution in [2.45, 2.75) is 69.4 Å². The first-order valence-corrected chi connectivity index (χ1v) is 10.6. The number of hydrogen-bond acceptors (Lipinski definition) is 5. The molecule has 1 aromatic heterocycles. The average Bonchev–Trinajstić information content (AvgIpc) is 3.40. The molecule has 0 radical (unpaired) electrons. The van der Waals surface area contributed by atoms with Gasteiger partial charge in [0.1, 0.15) is 0 Å². The summed E-state index contributed by atoms with van der Waals surface area (Å²) in [6, 6.07) is 1.32. The van der Waals surface area contributed by atoms with E-state index in [1.54, 1.807) is 0 Å². The van der Waals surface area contributed by atoms with Gasteiger partial charge in [0.2, 0.25) is 0 Å². The molecule has 2 bridgehead atoms. The summed E-state index contributed by atoms with van der Waals surface area (Å²) in [5.74, 6) is 0.307. The van der Waals surface area contributed by atoms with Crippen molar-refractivity contribution in [1.82, 2.24) is 9.88 Å². The highest BCUT2D eigenvalue weighted by atomic mass is 19.4. The Hall–Kier alpha value is -2.22. The van der Waals surface area contributed by atoms with E-state index in [1.165, 1.54) is 12.3 Å². The number of pyridine rings is 1. The van der Waals surface area contributed by atoms with Crippen LogP contribution in [0.15, 0.2) is 30.2 Å². The third-order valence-electron chi connectivity index (χ3n) is 6.93. The minimum Gasteiger partial charge on any atom is -0.402 e. The Bertz CT molecular complexity index is 890. The van der Waals surface area contributed by atoms with E-state index in [4.69, 9.17) is 5.73 Å². The molecule has 1 aliphatic heterocycles. The van der Waals surface area contributed by atoms with E-state index in [-0.39, 0.29) is 11.4 Å². The lowest BCUT2D eigenvalue weighted by atomic mass is 9.49. The SMILES string of the molecule is Nc1ncc(/C2=C/N(C34CC(C3)C4)/C(C(O)C3CC3)=C\CCC2)cc1OC(F)(F)F. The summed E-state index contributed by atoms with van der Waals surface area (Å²) in [5, 5.41) is 11.0. The number of rotatable bonds is 5. The molecule has 1 atom stereocenters. The summed E-state index contributed by atoms with van der Waals surface area (Å²) in [6.45, 7) is 0. The molecule has 162 valence electrons. The van der Waals surface area contributed by atoms with Crippen LogP contribution in [0, 0.1) is 11.8 Å². The Morgan fingerprint density at radius 1 is 1.27 bits per heavy atom. The van der Waals surface area contributed by atoms with Gasteiger partial charge in [-0.1, -0.05) is 6.08 Å². The van der Waals surface area contributed by atoms with Gasteiger partial charge in [-0.3, -0.25) is 0 Å². The highest BCUT2D eigenvalue weighted by molar-refractivity contribution is 5.68. The fourth-order valence-electron chi connectivity index (χ4n) is 5.05. The van der Waals surface area contributed by atoms with Gasteiger partial charge >= 0.3 is 6.36 Å². The number of ether oxygens (including phenoxy) is 1. The van der Waals surface area contributed by atoms with Gasteiger partial charge < -0.3 is 20.5 Å². The second-order valence-corrected chi connectivity index (χ2v) is 9.19. The van der Waals surface area contributed by atoms with E-state index in [9.17, 15) is 18.3 Å². The number of aliphatic hydroxyl groups is 1. The number of aromatic nitrogens is 1. The fraction of sp³-hybridized carbons (Fsp3) is 0.591. The van der Waals surface area contributed by atoms with E-state index in [2.05, 4.69) is 20.7 Å². The maximum atomic E-state index is 12.7. The van der Waals surface area contributed by atoms with Gasteiger partial charge in [-0.2, -0.15) is 0 Å². The van der Waals surface area contributed by atoms with Crippen LogP contribution in [0.25, 0.3) is 5.57 Å². The molecule has 4 fully saturated rings. The van der Waals surface area contributed by atoms with Gasteiger partial charge in [-0.15, -0.1) is 13.2 Å². The third-order valence-corrected chi connectivity index (χ3v) is 6.93. The standard InChI is InChI=1S/C22H26F3N3O2/c23-22(24,25)30-18-7-16(11-27-20(18)26)15-3-1-2-4-17(19(29)14-5-6-14)28(12-15)21-8-13(9-21)10-21/h4,7,11-14,19,29H,1-3,5-6,8-10H2,(H2,26,27)/b15-12+,17-4-. The van der Waals surface area contributed by atoms with E-state index in [0.717, 1.165) is 62.1 Å². The number of allylic oxidation sites excluding steroid dienone is 2. The maximum absolute atomic E-state index is 12.7. The minimum atomic E-state index is -4.83. The van der Waals surface area contributed by atoms with Crippen molar-refractivity contribution in [3.8, 4) is 5.75 Å². The Morgan fingerprint density at radius 2 is 2.00 bits per heavy atom. The normalized spacial score (nSPS) is 33.1. The topological polar surface area (TPSA) is 71.6 Å². The molecular weight excluding hydrogens is 395 g/mol. The summed E-state index contributed by atoms with van der Waals surface area (Å²) in [7, 11) is 0. The molecule has 1 aromatic rings. The number of aliphatic hydroxyl groups excluding tert-OH is 1. The van der Waals surface area contributed by atoms with Gasteiger partial charge in [-0.05, 0) is 74.8 Å². The van der Waals surface area contributed by atoms with Crippen LogP contribution in [-0.4, -0.2) is 33.0 Å². The highest BCUT2D eigenvalue weighted by Crippen LogP contribution is 2.62.